The topological polar surface area (TPSA) is 62.5 Å². The first kappa shape index (κ1) is 13.1. The molecule has 4 nitrogen and oxygen atoms in total. The van der Waals surface area contributed by atoms with Crippen LogP contribution >= 0.6 is 11.6 Å². The van der Waals surface area contributed by atoms with E-state index in [0.717, 1.165) is 25.7 Å². The second kappa shape index (κ2) is 7.30. The van der Waals surface area contributed by atoms with Crippen LogP contribution in [0.4, 0.5) is 0 Å². The highest BCUT2D eigenvalue weighted by Gasteiger charge is 2.08. The molecule has 0 spiro atoms. The number of carbonyl (C=O) groups is 1. The second-order valence-corrected chi connectivity index (χ2v) is 3.87. The molecular weight excluding hydrogens is 230 g/mol. The zero-order valence-corrected chi connectivity index (χ0v) is 9.79. The third-order valence-electron chi connectivity index (χ3n) is 2.17. The van der Waals surface area contributed by atoms with Gasteiger partial charge in [0.05, 0.1) is 0 Å². The van der Waals surface area contributed by atoms with Gasteiger partial charge in [0.1, 0.15) is 0 Å². The van der Waals surface area contributed by atoms with Gasteiger partial charge in [-0.25, -0.2) is 0 Å². The van der Waals surface area contributed by atoms with Crippen LogP contribution in [0, 0.1) is 0 Å². The molecule has 0 aliphatic heterocycles. The summed E-state index contributed by atoms with van der Waals surface area (Å²) in [6, 6.07) is 3.08. The number of hydrogen-bond acceptors (Lipinski definition) is 3. The summed E-state index contributed by atoms with van der Waals surface area (Å²) >= 11 is 5.55. The van der Waals surface area contributed by atoms with E-state index in [9.17, 15) is 4.79 Å². The standard InChI is InChI=1S/C11H16ClNO3/c12-10-6-5-9(16-10)11(15)13-7-3-1-2-4-8-14/h5-6,14H,1-4,7-8H2,(H,13,15). The minimum Gasteiger partial charge on any atom is -0.440 e. The number of amides is 1. The van der Waals surface area contributed by atoms with E-state index >= 15 is 0 Å². The molecule has 0 aliphatic carbocycles. The summed E-state index contributed by atoms with van der Waals surface area (Å²) in [6.45, 7) is 0.847. The van der Waals surface area contributed by atoms with Crippen LogP contribution in [-0.2, 0) is 0 Å². The van der Waals surface area contributed by atoms with Crippen molar-refractivity contribution in [3.05, 3.63) is 23.1 Å². The Labute approximate surface area is 99.6 Å². The minimum absolute atomic E-state index is 0.216. The van der Waals surface area contributed by atoms with Crippen molar-refractivity contribution in [2.75, 3.05) is 13.2 Å². The van der Waals surface area contributed by atoms with Gasteiger partial charge in [-0.2, -0.15) is 0 Å². The third-order valence-corrected chi connectivity index (χ3v) is 2.37. The van der Waals surface area contributed by atoms with Gasteiger partial charge in [0.15, 0.2) is 11.0 Å². The molecule has 1 aromatic heterocycles. The predicted octanol–water partition coefficient (Wildman–Crippen LogP) is 2.22. The fourth-order valence-electron chi connectivity index (χ4n) is 1.32. The molecule has 1 heterocycles. The fourth-order valence-corrected chi connectivity index (χ4v) is 1.46. The van der Waals surface area contributed by atoms with Crippen molar-refractivity contribution >= 4 is 17.5 Å². The van der Waals surface area contributed by atoms with Crippen molar-refractivity contribution in [1.29, 1.82) is 0 Å². The molecule has 1 amide bonds. The average Bonchev–Trinajstić information content (AvgIpc) is 2.70. The maximum Gasteiger partial charge on any atom is 0.287 e. The molecule has 0 atom stereocenters. The quantitative estimate of drug-likeness (QED) is 0.724. The van der Waals surface area contributed by atoms with E-state index in [1.165, 1.54) is 6.07 Å². The largest absolute Gasteiger partial charge is 0.440 e. The molecule has 0 unspecified atom stereocenters. The molecule has 2 N–H and O–H groups in total. The first-order valence-corrected chi connectivity index (χ1v) is 5.76. The Kier molecular flexibility index (Phi) is 5.96. The van der Waals surface area contributed by atoms with Crippen molar-refractivity contribution in [3.63, 3.8) is 0 Å². The molecule has 1 rings (SSSR count). The minimum atomic E-state index is -0.242. The Hall–Kier alpha value is -1.00. The number of rotatable bonds is 7. The van der Waals surface area contributed by atoms with E-state index in [1.54, 1.807) is 6.07 Å². The van der Waals surface area contributed by atoms with E-state index in [0.29, 0.717) is 6.54 Å². The zero-order chi connectivity index (χ0) is 11.8. The molecule has 0 bridgehead atoms. The summed E-state index contributed by atoms with van der Waals surface area (Å²) in [4.78, 5) is 11.4. The van der Waals surface area contributed by atoms with Gasteiger partial charge in [0, 0.05) is 13.2 Å². The predicted molar refractivity (Wildman–Crippen MR) is 61.6 cm³/mol. The van der Waals surface area contributed by atoms with Crippen molar-refractivity contribution in [1.82, 2.24) is 5.32 Å². The van der Waals surface area contributed by atoms with Crippen LogP contribution in [0.5, 0.6) is 0 Å². The maximum atomic E-state index is 11.4. The lowest BCUT2D eigenvalue weighted by molar-refractivity contribution is 0.0925. The highest BCUT2D eigenvalue weighted by Crippen LogP contribution is 2.12. The first-order chi connectivity index (χ1) is 7.74. The number of unbranched alkanes of at least 4 members (excludes halogenated alkanes) is 3. The van der Waals surface area contributed by atoms with E-state index < -0.39 is 0 Å². The highest BCUT2D eigenvalue weighted by atomic mass is 35.5. The number of hydrogen-bond donors (Lipinski definition) is 2. The summed E-state index contributed by atoms with van der Waals surface area (Å²) in [7, 11) is 0. The lowest BCUT2D eigenvalue weighted by Gasteiger charge is -2.02. The molecule has 0 aromatic carbocycles. The van der Waals surface area contributed by atoms with Crippen LogP contribution in [-0.4, -0.2) is 24.2 Å². The van der Waals surface area contributed by atoms with Gasteiger partial charge >= 0.3 is 0 Å². The molecule has 0 saturated heterocycles. The van der Waals surface area contributed by atoms with Gasteiger partial charge in [-0.15, -0.1) is 0 Å². The number of halogens is 1. The van der Waals surface area contributed by atoms with E-state index in [1.807, 2.05) is 0 Å². The lowest BCUT2D eigenvalue weighted by Crippen LogP contribution is -2.23. The monoisotopic (exact) mass is 245 g/mol. The number of aliphatic hydroxyl groups is 1. The summed E-state index contributed by atoms with van der Waals surface area (Å²) in [5.74, 6) is -0.00517. The van der Waals surface area contributed by atoms with Gasteiger partial charge < -0.3 is 14.8 Å². The van der Waals surface area contributed by atoms with Gasteiger partial charge in [-0.1, -0.05) is 12.8 Å². The van der Waals surface area contributed by atoms with Crippen LogP contribution in [0.1, 0.15) is 36.2 Å². The molecule has 5 heteroatoms. The molecular formula is C11H16ClNO3. The van der Waals surface area contributed by atoms with Crippen LogP contribution < -0.4 is 5.32 Å². The van der Waals surface area contributed by atoms with Gasteiger partial charge in [-0.05, 0) is 36.6 Å². The van der Waals surface area contributed by atoms with E-state index in [-0.39, 0.29) is 23.5 Å². The first-order valence-electron chi connectivity index (χ1n) is 5.38. The Bertz CT molecular complexity index is 325. The number of aliphatic hydroxyl groups excluding tert-OH is 1. The molecule has 0 aliphatic rings. The normalized spacial score (nSPS) is 10.4. The Balaban J connectivity index is 2.11. The number of carbonyl (C=O) groups excluding carboxylic acids is 1. The Morgan fingerprint density at radius 3 is 2.69 bits per heavy atom. The Morgan fingerprint density at radius 1 is 1.31 bits per heavy atom. The third kappa shape index (κ3) is 4.68. The van der Waals surface area contributed by atoms with E-state index in [4.69, 9.17) is 21.1 Å². The summed E-state index contributed by atoms with van der Waals surface area (Å²) < 4.78 is 4.96. The summed E-state index contributed by atoms with van der Waals surface area (Å²) in [5, 5.41) is 11.5. The molecule has 16 heavy (non-hydrogen) atoms. The fraction of sp³-hybridized carbons (Fsp3) is 0.545. The van der Waals surface area contributed by atoms with Crippen molar-refractivity contribution < 1.29 is 14.3 Å². The summed E-state index contributed by atoms with van der Waals surface area (Å²) in [6.07, 6.45) is 3.71. The molecule has 0 saturated carbocycles. The van der Waals surface area contributed by atoms with Gasteiger partial charge in [-0.3, -0.25) is 4.79 Å². The van der Waals surface area contributed by atoms with Crippen molar-refractivity contribution in [2.45, 2.75) is 25.7 Å². The van der Waals surface area contributed by atoms with Gasteiger partial charge in [0.25, 0.3) is 5.91 Å². The average molecular weight is 246 g/mol. The van der Waals surface area contributed by atoms with Crippen molar-refractivity contribution in [2.24, 2.45) is 0 Å². The van der Waals surface area contributed by atoms with Crippen LogP contribution in [0.15, 0.2) is 16.5 Å². The number of furan rings is 1. The zero-order valence-electron chi connectivity index (χ0n) is 9.04. The lowest BCUT2D eigenvalue weighted by atomic mass is 10.2. The van der Waals surface area contributed by atoms with E-state index in [2.05, 4.69) is 5.32 Å². The maximum absolute atomic E-state index is 11.4. The molecule has 0 radical (unpaired) electrons. The molecule has 0 fully saturated rings. The second-order valence-electron chi connectivity index (χ2n) is 3.50. The molecule has 1 aromatic rings. The molecule has 90 valence electrons. The van der Waals surface area contributed by atoms with Crippen molar-refractivity contribution in [3.8, 4) is 0 Å². The van der Waals surface area contributed by atoms with Crippen LogP contribution in [0.2, 0.25) is 5.22 Å². The number of nitrogens with one attached hydrogen (secondary N) is 1. The highest BCUT2D eigenvalue weighted by molar-refractivity contribution is 6.29. The summed E-state index contributed by atoms with van der Waals surface area (Å²) in [5.41, 5.74) is 0. The Morgan fingerprint density at radius 2 is 2.06 bits per heavy atom. The van der Waals surface area contributed by atoms with Gasteiger partial charge in [0.2, 0.25) is 0 Å². The SMILES string of the molecule is O=C(NCCCCCCO)c1ccc(Cl)o1. The smallest absolute Gasteiger partial charge is 0.287 e. The van der Waals surface area contributed by atoms with Crippen LogP contribution in [0.25, 0.3) is 0 Å². The van der Waals surface area contributed by atoms with Crippen LogP contribution in [0.3, 0.4) is 0 Å².